The van der Waals surface area contributed by atoms with Gasteiger partial charge < -0.3 is 4.98 Å². The van der Waals surface area contributed by atoms with Crippen LogP contribution in [0.5, 0.6) is 0 Å². The van der Waals surface area contributed by atoms with Crippen molar-refractivity contribution < 1.29 is 0 Å². The van der Waals surface area contributed by atoms with E-state index in [9.17, 15) is 0 Å². The van der Waals surface area contributed by atoms with Crippen molar-refractivity contribution >= 4 is 23.2 Å². The van der Waals surface area contributed by atoms with Gasteiger partial charge in [0.1, 0.15) is 5.82 Å². The van der Waals surface area contributed by atoms with E-state index in [0.717, 1.165) is 58.9 Å². The number of rotatable bonds is 3. The molecule has 2 aromatic heterocycles. The predicted molar refractivity (Wildman–Crippen MR) is 92.4 cm³/mol. The lowest BCUT2D eigenvalue weighted by atomic mass is 10.1. The van der Waals surface area contributed by atoms with Gasteiger partial charge in [0.25, 0.3) is 0 Å². The molecule has 1 aliphatic rings. The molecule has 1 aliphatic carbocycles. The minimum atomic E-state index is 0.851. The van der Waals surface area contributed by atoms with Gasteiger partial charge in [0.2, 0.25) is 0 Å². The number of nitrogens with zero attached hydrogens (tertiary/aromatic N) is 3. The average Bonchev–Trinajstić information content (AvgIpc) is 2.95. The molecule has 0 atom stereocenters. The van der Waals surface area contributed by atoms with Gasteiger partial charge in [0.15, 0.2) is 0 Å². The highest BCUT2D eigenvalue weighted by molar-refractivity contribution is 5.77. The molecule has 0 amide bonds. The third kappa shape index (κ3) is 2.77. The maximum Gasteiger partial charge on any atom is 0.107 e. The monoisotopic (exact) mass is 304 g/mol. The number of aromatic nitrogens is 4. The van der Waals surface area contributed by atoms with Crippen LogP contribution in [0.2, 0.25) is 0 Å². The molecule has 0 saturated heterocycles. The van der Waals surface area contributed by atoms with Gasteiger partial charge in [-0.15, -0.1) is 0 Å². The Morgan fingerprint density at radius 1 is 0.957 bits per heavy atom. The first-order valence-corrected chi connectivity index (χ1v) is 8.17. The summed E-state index contributed by atoms with van der Waals surface area (Å²) in [6.45, 7) is 4.25. The molecule has 0 bridgehead atoms. The Morgan fingerprint density at radius 3 is 2.61 bits per heavy atom. The van der Waals surface area contributed by atoms with Gasteiger partial charge in [-0.3, -0.25) is 4.98 Å². The standard InChI is InChI=1S/C19H20N4/c1-12-9-17-18(10-13(12)2)23-19(22-17)8-7-14-11-20-15-5-3-4-6-16(15)21-14/h5-6,9-11H,3-4,7-8H2,1-2H3,(H,22,23). The fourth-order valence-corrected chi connectivity index (χ4v) is 3.01. The summed E-state index contributed by atoms with van der Waals surface area (Å²) in [6, 6.07) is 4.32. The Kier molecular flexibility index (Phi) is 3.45. The number of aryl methyl sites for hydroxylation is 4. The summed E-state index contributed by atoms with van der Waals surface area (Å²) in [5, 5.41) is 2.05. The van der Waals surface area contributed by atoms with Crippen LogP contribution in [0, 0.1) is 13.8 Å². The quantitative estimate of drug-likeness (QED) is 0.806. The van der Waals surface area contributed by atoms with Crippen LogP contribution in [0.3, 0.4) is 0 Å². The summed E-state index contributed by atoms with van der Waals surface area (Å²) in [7, 11) is 0. The van der Waals surface area contributed by atoms with Crippen LogP contribution in [-0.2, 0) is 12.8 Å². The van der Waals surface area contributed by atoms with Crippen LogP contribution < -0.4 is 10.7 Å². The van der Waals surface area contributed by atoms with E-state index >= 15 is 0 Å². The van der Waals surface area contributed by atoms with Crippen LogP contribution in [-0.4, -0.2) is 19.9 Å². The molecule has 2 heterocycles. The number of imidazole rings is 1. The first kappa shape index (κ1) is 14.1. The topological polar surface area (TPSA) is 54.5 Å². The van der Waals surface area contributed by atoms with E-state index in [2.05, 4.69) is 48.1 Å². The van der Waals surface area contributed by atoms with Gasteiger partial charge >= 0.3 is 0 Å². The molecule has 0 aliphatic heterocycles. The van der Waals surface area contributed by atoms with Crippen molar-refractivity contribution in [1.82, 2.24) is 19.9 Å². The van der Waals surface area contributed by atoms with Crippen LogP contribution in [0.4, 0.5) is 0 Å². The third-order valence-corrected chi connectivity index (χ3v) is 4.49. The van der Waals surface area contributed by atoms with Crippen molar-refractivity contribution in [3.8, 4) is 0 Å². The Hall–Kier alpha value is -2.49. The van der Waals surface area contributed by atoms with Gasteiger partial charge in [-0.2, -0.15) is 0 Å². The van der Waals surface area contributed by atoms with Gasteiger partial charge in [0, 0.05) is 12.6 Å². The fourth-order valence-electron chi connectivity index (χ4n) is 3.01. The zero-order chi connectivity index (χ0) is 15.8. The van der Waals surface area contributed by atoms with E-state index in [1.54, 1.807) is 0 Å². The van der Waals surface area contributed by atoms with E-state index in [1.807, 2.05) is 6.20 Å². The van der Waals surface area contributed by atoms with Crippen LogP contribution in [0.25, 0.3) is 23.2 Å². The Labute approximate surface area is 135 Å². The largest absolute Gasteiger partial charge is 0.342 e. The molecule has 0 radical (unpaired) electrons. The van der Waals surface area contributed by atoms with E-state index in [-0.39, 0.29) is 0 Å². The van der Waals surface area contributed by atoms with Gasteiger partial charge in [-0.1, -0.05) is 12.2 Å². The second-order valence-corrected chi connectivity index (χ2v) is 6.25. The lowest BCUT2D eigenvalue weighted by Gasteiger charge is -2.02. The van der Waals surface area contributed by atoms with E-state index < -0.39 is 0 Å². The molecular formula is C19H20N4. The molecule has 0 saturated carbocycles. The maximum absolute atomic E-state index is 4.72. The van der Waals surface area contributed by atoms with Crippen LogP contribution >= 0.6 is 0 Å². The smallest absolute Gasteiger partial charge is 0.107 e. The number of nitrogens with one attached hydrogen (secondary N) is 1. The Morgan fingerprint density at radius 2 is 1.74 bits per heavy atom. The number of H-pyrrole nitrogens is 1. The van der Waals surface area contributed by atoms with Gasteiger partial charge in [-0.05, 0) is 56.4 Å². The van der Waals surface area contributed by atoms with Crippen LogP contribution in [0.1, 0.15) is 35.5 Å². The fraction of sp³-hybridized carbons (Fsp3) is 0.316. The van der Waals surface area contributed by atoms with Crippen LogP contribution in [0.15, 0.2) is 18.3 Å². The zero-order valence-electron chi connectivity index (χ0n) is 13.6. The number of hydrogen-bond acceptors (Lipinski definition) is 3. The van der Waals surface area contributed by atoms with Crippen molar-refractivity contribution in [2.75, 3.05) is 0 Å². The minimum absolute atomic E-state index is 0.851. The predicted octanol–water partition coefficient (Wildman–Crippen LogP) is 2.11. The molecule has 0 unspecified atom stereocenters. The molecule has 4 heteroatoms. The first-order chi connectivity index (χ1) is 11.2. The van der Waals surface area contributed by atoms with Crippen molar-refractivity contribution in [3.05, 3.63) is 51.7 Å². The van der Waals surface area contributed by atoms with E-state index in [0.29, 0.717) is 0 Å². The van der Waals surface area contributed by atoms with Gasteiger partial charge in [-0.25, -0.2) is 9.97 Å². The highest BCUT2D eigenvalue weighted by atomic mass is 14.9. The normalized spacial score (nSPS) is 13.5. The number of benzene rings is 1. The second-order valence-electron chi connectivity index (χ2n) is 6.25. The second kappa shape index (κ2) is 5.61. The SMILES string of the molecule is Cc1cc2nc(CCc3cnc4c(n3)=CCCC=4)[nH]c2cc1C. The summed E-state index contributed by atoms with van der Waals surface area (Å²) in [5.41, 5.74) is 5.76. The minimum Gasteiger partial charge on any atom is -0.342 e. The zero-order valence-corrected chi connectivity index (χ0v) is 13.6. The van der Waals surface area contributed by atoms with Crippen molar-refractivity contribution in [1.29, 1.82) is 0 Å². The molecule has 0 spiro atoms. The Bertz CT molecular complexity index is 959. The number of hydrogen-bond donors (Lipinski definition) is 1. The third-order valence-electron chi connectivity index (χ3n) is 4.49. The molecule has 23 heavy (non-hydrogen) atoms. The molecule has 116 valence electrons. The lowest BCUT2D eigenvalue weighted by Crippen LogP contribution is -2.33. The average molecular weight is 304 g/mol. The molecule has 1 N–H and O–H groups in total. The van der Waals surface area contributed by atoms with Crippen molar-refractivity contribution in [3.63, 3.8) is 0 Å². The highest BCUT2D eigenvalue weighted by Gasteiger charge is 2.06. The summed E-state index contributed by atoms with van der Waals surface area (Å²) in [4.78, 5) is 17.4. The number of aromatic amines is 1. The maximum atomic E-state index is 4.72. The van der Waals surface area contributed by atoms with E-state index in [4.69, 9.17) is 9.97 Å². The van der Waals surface area contributed by atoms with Crippen molar-refractivity contribution in [2.45, 2.75) is 39.5 Å². The van der Waals surface area contributed by atoms with Gasteiger partial charge in [0.05, 0.1) is 27.4 Å². The Balaban J connectivity index is 1.57. The molecule has 4 nitrogen and oxygen atoms in total. The summed E-state index contributed by atoms with van der Waals surface area (Å²) in [5.74, 6) is 1.01. The van der Waals surface area contributed by atoms with Crippen molar-refractivity contribution in [2.24, 2.45) is 0 Å². The summed E-state index contributed by atoms with van der Waals surface area (Å²) >= 11 is 0. The van der Waals surface area contributed by atoms with E-state index in [1.165, 1.54) is 11.1 Å². The summed E-state index contributed by atoms with van der Waals surface area (Å²) < 4.78 is 0. The molecular weight excluding hydrogens is 284 g/mol. The molecule has 3 aromatic rings. The molecule has 1 aromatic carbocycles. The number of fused-ring (bicyclic) bond motifs is 2. The molecule has 4 rings (SSSR count). The summed E-state index contributed by atoms with van der Waals surface area (Å²) in [6.07, 6.45) is 10.1. The lowest BCUT2D eigenvalue weighted by molar-refractivity contribution is 0.836. The molecule has 0 fully saturated rings. The highest BCUT2D eigenvalue weighted by Crippen LogP contribution is 2.17. The first-order valence-electron chi connectivity index (χ1n) is 8.17.